The quantitative estimate of drug-likeness (QED) is 0.267. The van der Waals surface area contributed by atoms with Crippen molar-refractivity contribution < 1.29 is 33.4 Å². The maximum absolute atomic E-state index is 13.6. The number of rotatable bonds is 8. The summed E-state index contributed by atoms with van der Waals surface area (Å²) in [6, 6.07) is 13.8. The lowest BCUT2D eigenvalue weighted by Crippen LogP contribution is -2.54. The molecule has 1 aliphatic rings. The van der Waals surface area contributed by atoms with Gasteiger partial charge in [-0.25, -0.2) is 14.1 Å². The topological polar surface area (TPSA) is 105 Å². The zero-order valence-corrected chi connectivity index (χ0v) is 19.9. The fourth-order valence-corrected chi connectivity index (χ4v) is 3.83. The number of carbonyl (C=O) groups is 3. The molecular formula is C28H23FN2O6. The van der Waals surface area contributed by atoms with Crippen LogP contribution in [0.3, 0.4) is 0 Å². The molecule has 9 heteroatoms. The Labute approximate surface area is 212 Å². The van der Waals surface area contributed by atoms with Gasteiger partial charge in [0.15, 0.2) is 11.5 Å². The lowest BCUT2D eigenvalue weighted by Gasteiger charge is -2.26. The Morgan fingerprint density at radius 1 is 1.08 bits per heavy atom. The fraction of sp³-hybridized carbons (Fsp3) is 0.107. The molecule has 37 heavy (non-hydrogen) atoms. The molecule has 4 rings (SSSR count). The summed E-state index contributed by atoms with van der Waals surface area (Å²) < 4.78 is 25.0. The lowest BCUT2D eigenvalue weighted by molar-refractivity contribution is -0.122. The molecule has 0 atom stereocenters. The van der Waals surface area contributed by atoms with Gasteiger partial charge in [0.05, 0.1) is 12.8 Å². The molecule has 1 aliphatic heterocycles. The Morgan fingerprint density at radius 2 is 1.84 bits per heavy atom. The predicted octanol–water partition coefficient (Wildman–Crippen LogP) is 4.51. The van der Waals surface area contributed by atoms with Crippen LogP contribution in [0.5, 0.6) is 17.2 Å². The molecule has 8 nitrogen and oxygen atoms in total. The number of nitrogens with one attached hydrogen (secondary N) is 1. The van der Waals surface area contributed by atoms with Crippen LogP contribution < -0.4 is 19.7 Å². The molecule has 1 fully saturated rings. The molecule has 0 bridgehead atoms. The predicted molar refractivity (Wildman–Crippen MR) is 135 cm³/mol. The number of amides is 4. The summed E-state index contributed by atoms with van der Waals surface area (Å²) in [5, 5.41) is 11.7. The van der Waals surface area contributed by atoms with E-state index in [2.05, 4.69) is 11.9 Å². The summed E-state index contributed by atoms with van der Waals surface area (Å²) in [4.78, 5) is 39.0. The number of barbiturate groups is 1. The summed E-state index contributed by atoms with van der Waals surface area (Å²) >= 11 is 0. The largest absolute Gasteiger partial charge is 0.508 e. The number of phenolic OH excluding ortho intramolecular Hbond substituents is 1. The second-order valence-electron chi connectivity index (χ2n) is 8.10. The highest BCUT2D eigenvalue weighted by molar-refractivity contribution is 6.39. The molecule has 2 N–H and O–H groups in total. The van der Waals surface area contributed by atoms with Gasteiger partial charge in [-0.2, -0.15) is 0 Å². The minimum Gasteiger partial charge on any atom is -0.508 e. The Hall–Kier alpha value is -4.92. The standard InChI is InChI=1S/C28H23FN2O6/c1-3-5-19-12-18(15-24(36-2)25(19)37-16-17-6-4-7-20(29)13-17)14-23-26(33)30-28(35)31(27(23)34)21-8-10-22(32)11-9-21/h3-4,6-15,32H,1,5,16H2,2H3,(H,30,33,35)/b23-14+. The number of imide groups is 2. The van der Waals surface area contributed by atoms with Gasteiger partial charge in [-0.05, 0) is 72.2 Å². The van der Waals surface area contributed by atoms with Crippen molar-refractivity contribution in [2.24, 2.45) is 0 Å². The van der Waals surface area contributed by atoms with E-state index in [1.54, 1.807) is 30.3 Å². The van der Waals surface area contributed by atoms with Crippen molar-refractivity contribution in [3.63, 3.8) is 0 Å². The van der Waals surface area contributed by atoms with E-state index in [4.69, 9.17) is 9.47 Å². The third-order valence-electron chi connectivity index (χ3n) is 5.53. The number of hydrogen-bond donors (Lipinski definition) is 2. The number of ether oxygens (including phenoxy) is 2. The summed E-state index contributed by atoms with van der Waals surface area (Å²) in [6.07, 6.45) is 3.39. The van der Waals surface area contributed by atoms with Crippen LogP contribution in [0, 0.1) is 5.82 Å². The first-order chi connectivity index (χ1) is 17.8. The molecule has 0 aliphatic carbocycles. The van der Waals surface area contributed by atoms with Crippen LogP contribution in [0.4, 0.5) is 14.9 Å². The summed E-state index contributed by atoms with van der Waals surface area (Å²) in [7, 11) is 1.45. The second kappa shape index (κ2) is 10.8. The molecule has 0 aromatic heterocycles. The smallest absolute Gasteiger partial charge is 0.335 e. The van der Waals surface area contributed by atoms with Gasteiger partial charge in [0.2, 0.25) is 0 Å². The normalized spacial score (nSPS) is 14.5. The zero-order chi connectivity index (χ0) is 26.5. The van der Waals surface area contributed by atoms with Crippen molar-refractivity contribution in [3.8, 4) is 17.2 Å². The Morgan fingerprint density at radius 3 is 2.51 bits per heavy atom. The highest BCUT2D eigenvalue weighted by Gasteiger charge is 2.36. The van der Waals surface area contributed by atoms with Crippen LogP contribution in [0.15, 0.2) is 78.9 Å². The first-order valence-corrected chi connectivity index (χ1v) is 11.2. The number of benzene rings is 3. The van der Waals surface area contributed by atoms with Gasteiger partial charge in [-0.1, -0.05) is 18.2 Å². The van der Waals surface area contributed by atoms with E-state index in [0.29, 0.717) is 34.6 Å². The Kier molecular flexibility index (Phi) is 7.34. The van der Waals surface area contributed by atoms with Gasteiger partial charge in [-0.15, -0.1) is 6.58 Å². The van der Waals surface area contributed by atoms with Gasteiger partial charge in [0, 0.05) is 5.56 Å². The van der Waals surface area contributed by atoms with Crippen LogP contribution in [0.2, 0.25) is 0 Å². The van der Waals surface area contributed by atoms with E-state index < -0.39 is 17.8 Å². The first-order valence-electron chi connectivity index (χ1n) is 11.2. The number of carbonyl (C=O) groups excluding carboxylic acids is 3. The monoisotopic (exact) mass is 502 g/mol. The van der Waals surface area contributed by atoms with Gasteiger partial charge in [0.25, 0.3) is 11.8 Å². The van der Waals surface area contributed by atoms with Crippen molar-refractivity contribution in [3.05, 3.63) is 101 Å². The van der Waals surface area contributed by atoms with Gasteiger partial charge >= 0.3 is 6.03 Å². The molecule has 3 aromatic carbocycles. The van der Waals surface area contributed by atoms with E-state index in [-0.39, 0.29) is 29.4 Å². The number of halogens is 1. The molecule has 0 spiro atoms. The highest BCUT2D eigenvalue weighted by atomic mass is 19.1. The van der Waals surface area contributed by atoms with Crippen LogP contribution in [0.25, 0.3) is 6.08 Å². The van der Waals surface area contributed by atoms with Crippen LogP contribution in [-0.2, 0) is 22.6 Å². The van der Waals surface area contributed by atoms with Gasteiger partial charge < -0.3 is 14.6 Å². The highest BCUT2D eigenvalue weighted by Crippen LogP contribution is 2.35. The third-order valence-corrected chi connectivity index (χ3v) is 5.53. The average molecular weight is 502 g/mol. The van der Waals surface area contributed by atoms with E-state index in [1.165, 1.54) is 49.6 Å². The molecule has 4 amide bonds. The number of hydrogen-bond acceptors (Lipinski definition) is 6. The van der Waals surface area contributed by atoms with Gasteiger partial charge in [-0.3, -0.25) is 14.9 Å². The third kappa shape index (κ3) is 5.51. The molecular weight excluding hydrogens is 479 g/mol. The number of methoxy groups -OCH3 is 1. The maximum atomic E-state index is 13.6. The average Bonchev–Trinajstić information content (AvgIpc) is 2.87. The minimum atomic E-state index is -0.899. The van der Waals surface area contributed by atoms with Crippen molar-refractivity contribution in [1.82, 2.24) is 5.32 Å². The molecule has 0 saturated carbocycles. The molecule has 188 valence electrons. The fourth-order valence-electron chi connectivity index (χ4n) is 3.83. The molecule has 0 unspecified atom stereocenters. The molecule has 0 radical (unpaired) electrons. The number of phenols is 1. The first kappa shape index (κ1) is 25.2. The van der Waals surface area contributed by atoms with E-state index in [1.807, 2.05) is 0 Å². The number of nitrogens with zero attached hydrogens (tertiary/aromatic N) is 1. The van der Waals surface area contributed by atoms with Crippen molar-refractivity contribution in [2.75, 3.05) is 12.0 Å². The molecule has 3 aromatic rings. The second-order valence-corrected chi connectivity index (χ2v) is 8.10. The van der Waals surface area contributed by atoms with Crippen molar-refractivity contribution in [2.45, 2.75) is 13.0 Å². The van der Waals surface area contributed by atoms with Crippen LogP contribution in [0.1, 0.15) is 16.7 Å². The lowest BCUT2D eigenvalue weighted by atomic mass is 10.0. The van der Waals surface area contributed by atoms with Crippen molar-refractivity contribution >= 4 is 29.6 Å². The Balaban J connectivity index is 1.69. The SMILES string of the molecule is C=CCc1cc(/C=C2\C(=O)NC(=O)N(c3ccc(O)cc3)C2=O)cc(OC)c1OCc1cccc(F)c1. The minimum absolute atomic E-state index is 0.0398. The van der Waals surface area contributed by atoms with E-state index >= 15 is 0 Å². The van der Waals surface area contributed by atoms with Crippen LogP contribution in [-0.4, -0.2) is 30.1 Å². The van der Waals surface area contributed by atoms with E-state index in [0.717, 1.165) is 4.90 Å². The molecule has 1 heterocycles. The zero-order valence-electron chi connectivity index (χ0n) is 19.9. The summed E-state index contributed by atoms with van der Waals surface area (Å²) in [5.74, 6) is -1.35. The summed E-state index contributed by atoms with van der Waals surface area (Å²) in [5.41, 5.74) is 1.65. The molecule has 1 saturated heterocycles. The number of aromatic hydroxyl groups is 1. The number of anilines is 1. The maximum Gasteiger partial charge on any atom is 0.335 e. The van der Waals surface area contributed by atoms with E-state index in [9.17, 15) is 23.9 Å². The van der Waals surface area contributed by atoms with Gasteiger partial charge in [0.1, 0.15) is 23.7 Å². The van der Waals surface area contributed by atoms with Crippen LogP contribution >= 0.6 is 0 Å². The summed E-state index contributed by atoms with van der Waals surface area (Å²) in [6.45, 7) is 3.85. The van der Waals surface area contributed by atoms with Crippen molar-refractivity contribution in [1.29, 1.82) is 0 Å². The Bertz CT molecular complexity index is 1410. The number of allylic oxidation sites excluding steroid dienone is 1. The number of urea groups is 1.